The summed E-state index contributed by atoms with van der Waals surface area (Å²) in [4.78, 5) is 24.2. The third-order valence-corrected chi connectivity index (χ3v) is 3.09. The minimum absolute atomic E-state index is 0.126. The van der Waals surface area contributed by atoms with Crippen molar-refractivity contribution >= 4 is 11.7 Å². The highest BCUT2D eigenvalue weighted by Gasteiger charge is 2.05. The Hall–Kier alpha value is -3.30. The van der Waals surface area contributed by atoms with Gasteiger partial charge in [-0.2, -0.15) is 10.2 Å². The standard InChI is InChI=1S/C14H17N9O/c1-11-20-12(7-13(21-11)23-6-2-3-18-23)16-4-5-17-14(24)8-22-10-15-9-19-22/h2-3,6-7,9-10H,4-5,8H2,1H3,(H,17,24)(H,16,20,21). The van der Waals surface area contributed by atoms with Crippen molar-refractivity contribution in [3.8, 4) is 5.82 Å². The third-order valence-electron chi connectivity index (χ3n) is 3.09. The normalized spacial score (nSPS) is 10.5. The van der Waals surface area contributed by atoms with Crippen molar-refractivity contribution in [3.63, 3.8) is 0 Å². The zero-order valence-electron chi connectivity index (χ0n) is 13.1. The van der Waals surface area contributed by atoms with Crippen LogP contribution in [0.15, 0.2) is 37.2 Å². The number of carbonyl (C=O) groups excluding carboxylic acids is 1. The molecular formula is C14H17N9O. The van der Waals surface area contributed by atoms with E-state index in [1.165, 1.54) is 17.3 Å². The van der Waals surface area contributed by atoms with Gasteiger partial charge in [0.25, 0.3) is 0 Å². The molecule has 24 heavy (non-hydrogen) atoms. The van der Waals surface area contributed by atoms with Crippen LogP contribution >= 0.6 is 0 Å². The van der Waals surface area contributed by atoms with Crippen molar-refractivity contribution < 1.29 is 4.79 Å². The van der Waals surface area contributed by atoms with Crippen LogP contribution in [0.2, 0.25) is 0 Å². The molecule has 0 bridgehead atoms. The maximum atomic E-state index is 11.7. The van der Waals surface area contributed by atoms with E-state index in [1.54, 1.807) is 16.9 Å². The Morgan fingerprint density at radius 3 is 2.92 bits per heavy atom. The summed E-state index contributed by atoms with van der Waals surface area (Å²) in [5.74, 6) is 1.88. The highest BCUT2D eigenvalue weighted by atomic mass is 16.2. The van der Waals surface area contributed by atoms with Gasteiger partial charge < -0.3 is 10.6 Å². The van der Waals surface area contributed by atoms with Crippen molar-refractivity contribution in [1.29, 1.82) is 0 Å². The highest BCUT2D eigenvalue weighted by molar-refractivity contribution is 5.75. The summed E-state index contributed by atoms with van der Waals surface area (Å²) in [5.41, 5.74) is 0. The molecule has 0 aliphatic carbocycles. The Kier molecular flexibility index (Phi) is 4.75. The largest absolute Gasteiger partial charge is 0.368 e. The summed E-state index contributed by atoms with van der Waals surface area (Å²) >= 11 is 0. The number of carbonyl (C=O) groups is 1. The average molecular weight is 327 g/mol. The second kappa shape index (κ2) is 7.31. The van der Waals surface area contributed by atoms with Crippen LogP contribution < -0.4 is 10.6 Å². The molecule has 0 radical (unpaired) electrons. The van der Waals surface area contributed by atoms with Gasteiger partial charge in [-0.3, -0.25) is 4.79 Å². The summed E-state index contributed by atoms with van der Waals surface area (Å²) in [7, 11) is 0. The molecular weight excluding hydrogens is 310 g/mol. The lowest BCUT2D eigenvalue weighted by molar-refractivity contribution is -0.121. The molecule has 0 spiro atoms. The molecule has 0 saturated heterocycles. The van der Waals surface area contributed by atoms with E-state index < -0.39 is 0 Å². The van der Waals surface area contributed by atoms with Crippen LogP contribution in [0.5, 0.6) is 0 Å². The molecule has 3 aromatic heterocycles. The number of nitrogens with zero attached hydrogens (tertiary/aromatic N) is 7. The second-order valence-corrected chi connectivity index (χ2v) is 4.98. The van der Waals surface area contributed by atoms with Gasteiger partial charge in [-0.1, -0.05) is 0 Å². The number of aryl methyl sites for hydroxylation is 1. The van der Waals surface area contributed by atoms with E-state index in [-0.39, 0.29) is 12.5 Å². The number of nitrogens with one attached hydrogen (secondary N) is 2. The molecule has 10 nitrogen and oxygen atoms in total. The molecule has 0 aliphatic heterocycles. The topological polar surface area (TPSA) is 115 Å². The predicted molar refractivity (Wildman–Crippen MR) is 85.4 cm³/mol. The number of hydrogen-bond donors (Lipinski definition) is 2. The summed E-state index contributed by atoms with van der Waals surface area (Å²) in [6.45, 7) is 2.97. The number of aromatic nitrogens is 7. The van der Waals surface area contributed by atoms with Crippen LogP contribution in [-0.2, 0) is 11.3 Å². The predicted octanol–water partition coefficient (Wildman–Crippen LogP) is -0.209. The molecule has 0 fully saturated rings. The molecule has 124 valence electrons. The van der Waals surface area contributed by atoms with Crippen LogP contribution in [0.1, 0.15) is 5.82 Å². The lowest BCUT2D eigenvalue weighted by Crippen LogP contribution is -2.32. The van der Waals surface area contributed by atoms with Crippen LogP contribution in [0, 0.1) is 6.92 Å². The van der Waals surface area contributed by atoms with Gasteiger partial charge in [0.05, 0.1) is 0 Å². The average Bonchev–Trinajstić information content (AvgIpc) is 3.24. The summed E-state index contributed by atoms with van der Waals surface area (Å²) < 4.78 is 3.13. The van der Waals surface area contributed by atoms with E-state index >= 15 is 0 Å². The first-order chi connectivity index (χ1) is 11.7. The van der Waals surface area contributed by atoms with Crippen LogP contribution in [0.25, 0.3) is 5.82 Å². The fourth-order valence-corrected chi connectivity index (χ4v) is 2.07. The maximum Gasteiger partial charge on any atom is 0.241 e. The number of amides is 1. The van der Waals surface area contributed by atoms with Gasteiger partial charge in [-0.05, 0) is 13.0 Å². The molecule has 1 amide bonds. The van der Waals surface area contributed by atoms with Crippen molar-refractivity contribution in [3.05, 3.63) is 43.0 Å². The van der Waals surface area contributed by atoms with Crippen LogP contribution in [0.3, 0.4) is 0 Å². The van der Waals surface area contributed by atoms with E-state index in [9.17, 15) is 4.79 Å². The van der Waals surface area contributed by atoms with E-state index in [4.69, 9.17) is 0 Å². The van der Waals surface area contributed by atoms with Crippen molar-refractivity contribution in [1.82, 2.24) is 39.8 Å². The van der Waals surface area contributed by atoms with Crippen LogP contribution in [0.4, 0.5) is 5.82 Å². The highest BCUT2D eigenvalue weighted by Crippen LogP contribution is 2.09. The first-order valence-corrected chi connectivity index (χ1v) is 7.39. The fraction of sp³-hybridized carbons (Fsp3) is 0.286. The summed E-state index contributed by atoms with van der Waals surface area (Å²) in [6, 6.07) is 3.63. The molecule has 0 aromatic carbocycles. The third kappa shape index (κ3) is 4.12. The molecule has 0 saturated carbocycles. The lowest BCUT2D eigenvalue weighted by Gasteiger charge is -2.09. The summed E-state index contributed by atoms with van der Waals surface area (Å²) in [6.07, 6.45) is 6.40. The second-order valence-electron chi connectivity index (χ2n) is 4.98. The molecule has 3 heterocycles. The van der Waals surface area contributed by atoms with E-state index in [1.807, 2.05) is 19.2 Å². The van der Waals surface area contributed by atoms with Gasteiger partial charge >= 0.3 is 0 Å². The quantitative estimate of drug-likeness (QED) is 0.577. The number of anilines is 1. The fourth-order valence-electron chi connectivity index (χ4n) is 2.07. The molecule has 3 aromatic rings. The molecule has 0 aliphatic rings. The lowest BCUT2D eigenvalue weighted by atomic mass is 10.4. The Labute approximate surface area is 138 Å². The first-order valence-electron chi connectivity index (χ1n) is 7.39. The van der Waals surface area contributed by atoms with Gasteiger partial charge in [0.1, 0.15) is 30.8 Å². The van der Waals surface area contributed by atoms with Crippen molar-refractivity contribution in [2.24, 2.45) is 0 Å². The zero-order chi connectivity index (χ0) is 16.8. The Morgan fingerprint density at radius 1 is 1.25 bits per heavy atom. The van der Waals surface area contributed by atoms with Gasteiger partial charge in [0.15, 0.2) is 5.82 Å². The SMILES string of the molecule is Cc1nc(NCCNC(=O)Cn2cncn2)cc(-n2cccn2)n1. The van der Waals surface area contributed by atoms with Crippen molar-refractivity contribution in [2.45, 2.75) is 13.5 Å². The first kappa shape index (κ1) is 15.6. The van der Waals surface area contributed by atoms with Gasteiger partial charge in [-0.25, -0.2) is 24.3 Å². The minimum atomic E-state index is -0.126. The Morgan fingerprint density at radius 2 is 2.17 bits per heavy atom. The van der Waals surface area contributed by atoms with E-state index in [2.05, 4.69) is 35.8 Å². The van der Waals surface area contributed by atoms with E-state index in [0.717, 1.165) is 0 Å². The van der Waals surface area contributed by atoms with Gasteiger partial charge in [0, 0.05) is 31.5 Å². The number of hydrogen-bond acceptors (Lipinski definition) is 7. The molecule has 0 unspecified atom stereocenters. The van der Waals surface area contributed by atoms with Gasteiger partial charge in [0.2, 0.25) is 5.91 Å². The van der Waals surface area contributed by atoms with Crippen LogP contribution in [-0.4, -0.2) is 53.5 Å². The van der Waals surface area contributed by atoms with Crippen molar-refractivity contribution in [2.75, 3.05) is 18.4 Å². The molecule has 10 heteroatoms. The molecule has 3 rings (SSSR count). The molecule has 0 atom stereocenters. The summed E-state index contributed by atoms with van der Waals surface area (Å²) in [5, 5.41) is 14.0. The minimum Gasteiger partial charge on any atom is -0.368 e. The maximum absolute atomic E-state index is 11.7. The Balaban J connectivity index is 1.49. The number of rotatable bonds is 7. The Bertz CT molecular complexity index is 783. The zero-order valence-corrected chi connectivity index (χ0v) is 13.1. The van der Waals surface area contributed by atoms with E-state index in [0.29, 0.717) is 30.5 Å². The molecule has 2 N–H and O–H groups in total. The monoisotopic (exact) mass is 327 g/mol. The van der Waals surface area contributed by atoms with Gasteiger partial charge in [-0.15, -0.1) is 0 Å². The smallest absolute Gasteiger partial charge is 0.241 e.